The minimum atomic E-state index is -0.245. The largest absolute Gasteiger partial charge is 0.351 e. The Labute approximate surface area is 71.6 Å². The molecule has 2 unspecified atom stereocenters. The monoisotopic (exact) mass is 173 g/mol. The van der Waals surface area contributed by atoms with Gasteiger partial charge in [-0.2, -0.15) is 0 Å². The van der Waals surface area contributed by atoms with E-state index in [1.165, 1.54) is 6.42 Å². The zero-order chi connectivity index (χ0) is 8.43. The van der Waals surface area contributed by atoms with E-state index >= 15 is 0 Å². The van der Waals surface area contributed by atoms with E-state index in [9.17, 15) is 4.79 Å². The molecule has 62 valence electrons. The summed E-state index contributed by atoms with van der Waals surface area (Å²) in [5.41, 5.74) is 0. The second kappa shape index (κ2) is 3.26. The van der Waals surface area contributed by atoms with Crippen LogP contribution in [0.2, 0.25) is 0 Å². The molecule has 0 aromatic carbocycles. The Kier molecular flexibility index (Phi) is 2.55. The van der Waals surface area contributed by atoms with E-state index in [0.29, 0.717) is 5.92 Å². The van der Waals surface area contributed by atoms with Crippen LogP contribution >= 0.6 is 11.6 Å². The summed E-state index contributed by atoms with van der Waals surface area (Å²) in [5.74, 6) is 1.18. The minimum Gasteiger partial charge on any atom is -0.351 e. The molecule has 0 radical (unpaired) electrons. The number of hydrogen-bond donors (Lipinski definition) is 1. The van der Waals surface area contributed by atoms with Crippen LogP contribution in [0.15, 0.2) is 11.6 Å². The Balaban J connectivity index is 2.12. The fourth-order valence-electron chi connectivity index (χ4n) is 1.00. The number of carbonyl (C=O) groups is 1. The van der Waals surface area contributed by atoms with Crippen molar-refractivity contribution in [2.45, 2.75) is 13.3 Å². The van der Waals surface area contributed by atoms with Gasteiger partial charge in [-0.1, -0.05) is 25.1 Å². The lowest BCUT2D eigenvalue weighted by Gasteiger charge is -2.00. The van der Waals surface area contributed by atoms with E-state index in [-0.39, 0.29) is 10.9 Å². The summed E-state index contributed by atoms with van der Waals surface area (Å²) < 4.78 is 0. The van der Waals surface area contributed by atoms with E-state index in [1.807, 2.05) is 0 Å². The second-order valence-electron chi connectivity index (χ2n) is 3.09. The lowest BCUT2D eigenvalue weighted by molar-refractivity contribution is -0.116. The van der Waals surface area contributed by atoms with Crippen LogP contribution in [-0.2, 0) is 4.79 Å². The Bertz CT molecular complexity index is 191. The van der Waals surface area contributed by atoms with Crippen molar-refractivity contribution in [1.82, 2.24) is 5.32 Å². The Morgan fingerprint density at radius 2 is 2.36 bits per heavy atom. The van der Waals surface area contributed by atoms with Crippen molar-refractivity contribution in [3.8, 4) is 0 Å². The van der Waals surface area contributed by atoms with Gasteiger partial charge in [0.1, 0.15) is 0 Å². The maximum absolute atomic E-state index is 10.8. The van der Waals surface area contributed by atoms with Crippen LogP contribution in [0.25, 0.3) is 0 Å². The number of hydrogen-bond acceptors (Lipinski definition) is 1. The molecular formula is C8H12ClNO. The molecule has 2 atom stereocenters. The molecule has 2 nitrogen and oxygen atoms in total. The second-order valence-corrected chi connectivity index (χ2v) is 3.54. The molecule has 1 N–H and O–H groups in total. The number of halogens is 1. The quantitative estimate of drug-likeness (QED) is 0.645. The zero-order valence-corrected chi connectivity index (χ0v) is 7.32. The van der Waals surface area contributed by atoms with Crippen molar-refractivity contribution in [3.63, 3.8) is 0 Å². The molecule has 1 fully saturated rings. The van der Waals surface area contributed by atoms with E-state index < -0.39 is 0 Å². The van der Waals surface area contributed by atoms with Crippen LogP contribution in [0.3, 0.4) is 0 Å². The first-order valence-corrected chi connectivity index (χ1v) is 4.11. The van der Waals surface area contributed by atoms with E-state index in [2.05, 4.69) is 18.8 Å². The van der Waals surface area contributed by atoms with Crippen molar-refractivity contribution in [1.29, 1.82) is 0 Å². The van der Waals surface area contributed by atoms with Crippen molar-refractivity contribution >= 4 is 17.5 Å². The van der Waals surface area contributed by atoms with E-state index in [1.54, 1.807) is 0 Å². The molecule has 1 aliphatic rings. The van der Waals surface area contributed by atoms with Crippen molar-refractivity contribution in [2.75, 3.05) is 6.54 Å². The predicted octanol–water partition coefficient (Wildman–Crippen LogP) is 1.51. The normalized spacial score (nSPS) is 27.8. The SMILES string of the molecule is C=C(Cl)C(=O)NCC1CC1C. The van der Waals surface area contributed by atoms with Gasteiger partial charge in [0, 0.05) is 6.54 Å². The number of amides is 1. The molecule has 1 rings (SSSR count). The molecule has 0 heterocycles. The summed E-state index contributed by atoms with van der Waals surface area (Å²) in [6, 6.07) is 0. The molecule has 11 heavy (non-hydrogen) atoms. The molecular weight excluding hydrogens is 162 g/mol. The van der Waals surface area contributed by atoms with Gasteiger partial charge < -0.3 is 5.32 Å². The highest BCUT2D eigenvalue weighted by molar-refractivity contribution is 6.41. The highest BCUT2D eigenvalue weighted by atomic mass is 35.5. The Morgan fingerprint density at radius 1 is 1.82 bits per heavy atom. The highest BCUT2D eigenvalue weighted by Crippen LogP contribution is 2.36. The molecule has 1 aliphatic carbocycles. The van der Waals surface area contributed by atoms with Gasteiger partial charge in [-0.25, -0.2) is 0 Å². The third-order valence-corrected chi connectivity index (χ3v) is 2.22. The van der Waals surface area contributed by atoms with E-state index in [0.717, 1.165) is 12.5 Å². The van der Waals surface area contributed by atoms with Gasteiger partial charge in [-0.05, 0) is 18.3 Å². The van der Waals surface area contributed by atoms with Crippen molar-refractivity contribution < 1.29 is 4.79 Å². The molecule has 3 heteroatoms. The van der Waals surface area contributed by atoms with E-state index in [4.69, 9.17) is 11.6 Å². The number of rotatable bonds is 3. The standard InChI is InChI=1S/C8H12ClNO/c1-5-3-7(5)4-10-8(11)6(2)9/h5,7H,2-4H2,1H3,(H,10,11). The van der Waals surface area contributed by atoms with Gasteiger partial charge in [0.05, 0.1) is 5.03 Å². The van der Waals surface area contributed by atoms with Crippen LogP contribution in [0.5, 0.6) is 0 Å². The van der Waals surface area contributed by atoms with Crippen molar-refractivity contribution in [2.24, 2.45) is 11.8 Å². The highest BCUT2D eigenvalue weighted by Gasteiger charge is 2.32. The summed E-state index contributed by atoms with van der Waals surface area (Å²) in [4.78, 5) is 10.8. The lowest BCUT2D eigenvalue weighted by atomic mass is 10.3. The summed E-state index contributed by atoms with van der Waals surface area (Å²) in [7, 11) is 0. The first kappa shape index (κ1) is 8.60. The fourth-order valence-corrected chi connectivity index (χ4v) is 1.07. The molecule has 0 aromatic heterocycles. The molecule has 1 saturated carbocycles. The lowest BCUT2D eigenvalue weighted by Crippen LogP contribution is -2.25. The molecule has 0 aromatic rings. The topological polar surface area (TPSA) is 29.1 Å². The maximum Gasteiger partial charge on any atom is 0.262 e. The van der Waals surface area contributed by atoms with Gasteiger partial charge in [0.25, 0.3) is 5.91 Å². The first-order chi connectivity index (χ1) is 5.11. The third kappa shape index (κ3) is 2.54. The molecule has 0 bridgehead atoms. The molecule has 0 spiro atoms. The summed E-state index contributed by atoms with van der Waals surface area (Å²) in [6.45, 7) is 6.24. The smallest absolute Gasteiger partial charge is 0.262 e. The molecule has 0 aliphatic heterocycles. The zero-order valence-electron chi connectivity index (χ0n) is 6.56. The maximum atomic E-state index is 10.8. The molecule has 0 saturated heterocycles. The fraction of sp³-hybridized carbons (Fsp3) is 0.625. The third-order valence-electron chi connectivity index (χ3n) is 2.05. The summed E-state index contributed by atoms with van der Waals surface area (Å²) in [6.07, 6.45) is 1.22. The van der Waals surface area contributed by atoms with Crippen LogP contribution in [0.1, 0.15) is 13.3 Å². The van der Waals surface area contributed by atoms with Gasteiger partial charge >= 0.3 is 0 Å². The first-order valence-electron chi connectivity index (χ1n) is 3.74. The molecule has 1 amide bonds. The number of carbonyl (C=O) groups excluding carboxylic acids is 1. The van der Waals surface area contributed by atoms with Crippen LogP contribution in [0, 0.1) is 11.8 Å². The number of nitrogens with one attached hydrogen (secondary N) is 1. The average molecular weight is 174 g/mol. The predicted molar refractivity (Wildman–Crippen MR) is 45.3 cm³/mol. The van der Waals surface area contributed by atoms with Gasteiger partial charge in [0.2, 0.25) is 0 Å². The van der Waals surface area contributed by atoms with Gasteiger partial charge in [-0.3, -0.25) is 4.79 Å². The van der Waals surface area contributed by atoms with Gasteiger partial charge in [-0.15, -0.1) is 0 Å². The Hall–Kier alpha value is -0.500. The van der Waals surface area contributed by atoms with Crippen LogP contribution in [-0.4, -0.2) is 12.5 Å². The van der Waals surface area contributed by atoms with Crippen molar-refractivity contribution in [3.05, 3.63) is 11.6 Å². The van der Waals surface area contributed by atoms with Crippen LogP contribution in [0.4, 0.5) is 0 Å². The average Bonchev–Trinajstić information content (AvgIpc) is 2.61. The van der Waals surface area contributed by atoms with Gasteiger partial charge in [0.15, 0.2) is 0 Å². The minimum absolute atomic E-state index is 0.0679. The summed E-state index contributed by atoms with van der Waals surface area (Å²) >= 11 is 5.36. The Morgan fingerprint density at radius 3 is 2.73 bits per heavy atom. The van der Waals surface area contributed by atoms with Crippen LogP contribution < -0.4 is 5.32 Å². The summed E-state index contributed by atoms with van der Waals surface area (Å²) in [5, 5.41) is 2.77.